The first-order chi connectivity index (χ1) is 14.9. The fraction of sp³-hybridized carbons (Fsp3) is 0.0952. The van der Waals surface area contributed by atoms with Crippen LogP contribution >= 0.6 is 11.6 Å². The fourth-order valence-electron chi connectivity index (χ4n) is 3.11. The number of halogens is 2. The van der Waals surface area contributed by atoms with E-state index in [0.29, 0.717) is 5.69 Å². The lowest BCUT2D eigenvalue weighted by atomic mass is 10.3. The number of anilines is 1. The average molecular weight is 440 g/mol. The third-order valence-electron chi connectivity index (χ3n) is 4.54. The van der Waals surface area contributed by atoms with Crippen molar-refractivity contribution >= 4 is 34.2 Å². The Kier molecular flexibility index (Phi) is 5.59. The maximum absolute atomic E-state index is 13.3. The number of fused-ring (bicyclic) bond motifs is 1. The van der Waals surface area contributed by atoms with E-state index in [1.165, 1.54) is 24.4 Å². The molecular formula is C21H15ClFN5O3. The Morgan fingerprint density at radius 2 is 1.84 bits per heavy atom. The maximum Gasteiger partial charge on any atom is 0.332 e. The number of pyridine rings is 2. The van der Waals surface area contributed by atoms with E-state index in [4.69, 9.17) is 11.6 Å². The minimum absolute atomic E-state index is 0.0515. The lowest BCUT2D eigenvalue weighted by molar-refractivity contribution is -0.116. The third kappa shape index (κ3) is 4.22. The molecule has 0 saturated heterocycles. The zero-order valence-electron chi connectivity index (χ0n) is 16.0. The van der Waals surface area contributed by atoms with E-state index in [1.54, 1.807) is 30.5 Å². The SMILES string of the molecule is O=C(Cn1c(=O)n(Cc2ccccn2)c(=O)c2ncccc21)Nc1ccc(F)c(Cl)c1. The van der Waals surface area contributed by atoms with E-state index in [1.807, 2.05) is 0 Å². The van der Waals surface area contributed by atoms with Crippen LogP contribution in [0.15, 0.2) is 70.5 Å². The van der Waals surface area contributed by atoms with E-state index < -0.39 is 29.5 Å². The monoisotopic (exact) mass is 439 g/mol. The zero-order valence-corrected chi connectivity index (χ0v) is 16.7. The smallest absolute Gasteiger partial charge is 0.324 e. The summed E-state index contributed by atoms with van der Waals surface area (Å²) >= 11 is 5.74. The van der Waals surface area contributed by atoms with Crippen molar-refractivity contribution in [3.63, 3.8) is 0 Å². The third-order valence-corrected chi connectivity index (χ3v) is 4.83. The molecule has 8 nitrogen and oxygen atoms in total. The summed E-state index contributed by atoms with van der Waals surface area (Å²) < 4.78 is 15.5. The van der Waals surface area contributed by atoms with Gasteiger partial charge in [0.15, 0.2) is 5.52 Å². The van der Waals surface area contributed by atoms with Crippen molar-refractivity contribution in [3.05, 3.63) is 98.3 Å². The Labute approximate surface area is 179 Å². The van der Waals surface area contributed by atoms with Gasteiger partial charge in [0, 0.05) is 18.1 Å². The highest BCUT2D eigenvalue weighted by atomic mass is 35.5. The number of hydrogen-bond donors (Lipinski definition) is 1. The molecule has 10 heteroatoms. The predicted molar refractivity (Wildman–Crippen MR) is 114 cm³/mol. The molecule has 0 unspecified atom stereocenters. The first-order valence-electron chi connectivity index (χ1n) is 9.17. The van der Waals surface area contributed by atoms with Crippen molar-refractivity contribution in [2.75, 3.05) is 5.32 Å². The van der Waals surface area contributed by atoms with E-state index >= 15 is 0 Å². The molecule has 3 heterocycles. The number of carbonyl (C=O) groups excluding carboxylic acids is 1. The average Bonchev–Trinajstić information content (AvgIpc) is 2.77. The van der Waals surface area contributed by atoms with Gasteiger partial charge in [0.1, 0.15) is 12.4 Å². The lowest BCUT2D eigenvalue weighted by Crippen LogP contribution is -2.42. The van der Waals surface area contributed by atoms with Gasteiger partial charge < -0.3 is 5.32 Å². The van der Waals surface area contributed by atoms with Gasteiger partial charge in [-0.15, -0.1) is 0 Å². The minimum Gasteiger partial charge on any atom is -0.324 e. The Hall–Kier alpha value is -3.85. The van der Waals surface area contributed by atoms with Gasteiger partial charge in [0.05, 0.1) is 22.8 Å². The lowest BCUT2D eigenvalue weighted by Gasteiger charge is -2.13. The van der Waals surface area contributed by atoms with E-state index in [-0.39, 0.29) is 28.3 Å². The van der Waals surface area contributed by atoms with Crippen LogP contribution in [0.2, 0.25) is 5.02 Å². The largest absolute Gasteiger partial charge is 0.332 e. The Balaban J connectivity index is 1.74. The standard InChI is InChI=1S/C21H15ClFN5O3/c22-15-10-13(6-7-16(15)23)26-18(29)12-27-17-5-3-9-25-19(17)20(30)28(21(27)31)11-14-4-1-2-8-24-14/h1-10H,11-12H2,(H,26,29). The molecule has 1 amide bonds. The number of nitrogens with one attached hydrogen (secondary N) is 1. The van der Waals surface area contributed by atoms with Gasteiger partial charge in [0.25, 0.3) is 5.56 Å². The highest BCUT2D eigenvalue weighted by Crippen LogP contribution is 2.19. The Bertz CT molecular complexity index is 1400. The van der Waals surface area contributed by atoms with Gasteiger partial charge in [-0.2, -0.15) is 0 Å². The second-order valence-corrected chi connectivity index (χ2v) is 7.04. The number of nitrogens with zero attached hydrogens (tertiary/aromatic N) is 4. The van der Waals surface area contributed by atoms with Crippen molar-refractivity contribution in [2.45, 2.75) is 13.1 Å². The molecule has 1 aromatic carbocycles. The van der Waals surface area contributed by atoms with E-state index in [0.717, 1.165) is 15.2 Å². The van der Waals surface area contributed by atoms with Crippen molar-refractivity contribution < 1.29 is 9.18 Å². The summed E-state index contributed by atoms with van der Waals surface area (Å²) in [5.41, 5.74) is -0.197. The van der Waals surface area contributed by atoms with Gasteiger partial charge in [-0.25, -0.2) is 14.2 Å². The Morgan fingerprint density at radius 3 is 2.58 bits per heavy atom. The van der Waals surface area contributed by atoms with Crippen LogP contribution in [0, 0.1) is 5.82 Å². The minimum atomic E-state index is -0.677. The molecule has 156 valence electrons. The molecule has 1 N–H and O–H groups in total. The maximum atomic E-state index is 13.3. The Morgan fingerprint density at radius 1 is 1.03 bits per heavy atom. The van der Waals surface area contributed by atoms with Crippen molar-refractivity contribution in [3.8, 4) is 0 Å². The van der Waals surface area contributed by atoms with Crippen molar-refractivity contribution in [1.82, 2.24) is 19.1 Å². The summed E-state index contributed by atoms with van der Waals surface area (Å²) in [7, 11) is 0. The molecule has 0 atom stereocenters. The molecule has 0 bridgehead atoms. The van der Waals surface area contributed by atoms with Crippen LogP contribution in [-0.4, -0.2) is 25.0 Å². The van der Waals surface area contributed by atoms with Crippen LogP contribution in [0.25, 0.3) is 11.0 Å². The number of aromatic nitrogens is 4. The summed E-state index contributed by atoms with van der Waals surface area (Å²) in [6.45, 7) is -0.460. The molecule has 3 aromatic heterocycles. The molecule has 0 aliphatic heterocycles. The predicted octanol–water partition coefficient (Wildman–Crippen LogP) is 2.43. The molecular weight excluding hydrogens is 425 g/mol. The van der Waals surface area contributed by atoms with Crippen molar-refractivity contribution in [1.29, 1.82) is 0 Å². The summed E-state index contributed by atoms with van der Waals surface area (Å²) in [5.74, 6) is -1.17. The van der Waals surface area contributed by atoms with E-state index in [2.05, 4.69) is 15.3 Å². The number of hydrogen-bond acceptors (Lipinski definition) is 5. The summed E-state index contributed by atoms with van der Waals surface area (Å²) in [4.78, 5) is 46.8. The highest BCUT2D eigenvalue weighted by molar-refractivity contribution is 6.31. The second kappa shape index (κ2) is 8.49. The number of rotatable bonds is 5. The molecule has 0 aliphatic rings. The van der Waals surface area contributed by atoms with Crippen LogP contribution in [0.5, 0.6) is 0 Å². The van der Waals surface area contributed by atoms with Crippen LogP contribution in [0.1, 0.15) is 5.69 Å². The quantitative estimate of drug-likeness (QED) is 0.515. The second-order valence-electron chi connectivity index (χ2n) is 6.63. The highest BCUT2D eigenvalue weighted by Gasteiger charge is 2.17. The molecule has 0 saturated carbocycles. The first-order valence-corrected chi connectivity index (χ1v) is 9.55. The summed E-state index contributed by atoms with van der Waals surface area (Å²) in [6, 6.07) is 12.0. The normalized spacial score (nSPS) is 10.9. The molecule has 0 radical (unpaired) electrons. The summed E-state index contributed by atoms with van der Waals surface area (Å²) in [5, 5.41) is 2.42. The van der Waals surface area contributed by atoms with Crippen LogP contribution in [-0.2, 0) is 17.9 Å². The van der Waals surface area contributed by atoms with Crippen molar-refractivity contribution in [2.24, 2.45) is 0 Å². The molecule has 0 aliphatic carbocycles. The fourth-order valence-corrected chi connectivity index (χ4v) is 3.29. The van der Waals surface area contributed by atoms with E-state index in [9.17, 15) is 18.8 Å². The first kappa shape index (κ1) is 20.4. The number of carbonyl (C=O) groups is 1. The number of amides is 1. The topological polar surface area (TPSA) is 98.9 Å². The molecule has 0 fully saturated rings. The van der Waals surface area contributed by atoms with Gasteiger partial charge in [-0.05, 0) is 42.5 Å². The van der Waals surface area contributed by atoms with Gasteiger partial charge in [-0.3, -0.25) is 23.7 Å². The van der Waals surface area contributed by atoms with Gasteiger partial charge >= 0.3 is 5.69 Å². The van der Waals surface area contributed by atoms with Crippen LogP contribution in [0.4, 0.5) is 10.1 Å². The molecule has 0 spiro atoms. The molecule has 31 heavy (non-hydrogen) atoms. The molecule has 4 aromatic rings. The summed E-state index contributed by atoms with van der Waals surface area (Å²) in [6.07, 6.45) is 2.99. The van der Waals surface area contributed by atoms with Gasteiger partial charge in [0.2, 0.25) is 5.91 Å². The number of benzene rings is 1. The van der Waals surface area contributed by atoms with Crippen LogP contribution in [0.3, 0.4) is 0 Å². The zero-order chi connectivity index (χ0) is 22.0. The molecule has 4 rings (SSSR count). The van der Waals surface area contributed by atoms with Crippen LogP contribution < -0.4 is 16.6 Å². The van der Waals surface area contributed by atoms with Gasteiger partial charge in [-0.1, -0.05) is 17.7 Å².